The lowest BCUT2D eigenvalue weighted by molar-refractivity contribution is 0.0228. The number of thiocarbonyl (C=S) groups is 1. The van der Waals surface area contributed by atoms with E-state index in [-0.39, 0.29) is 10.9 Å². The van der Waals surface area contributed by atoms with Crippen molar-refractivity contribution in [1.29, 1.82) is 0 Å². The predicted octanol–water partition coefficient (Wildman–Crippen LogP) is 0.871. The van der Waals surface area contributed by atoms with Gasteiger partial charge in [-0.3, -0.25) is 9.78 Å². The molecule has 0 aromatic carbocycles. The van der Waals surface area contributed by atoms with Gasteiger partial charge in [-0.2, -0.15) is 0 Å². The van der Waals surface area contributed by atoms with E-state index in [0.29, 0.717) is 17.8 Å². The molecule has 5 nitrogen and oxygen atoms in total. The molecule has 0 fully saturated rings. The van der Waals surface area contributed by atoms with Crippen LogP contribution in [0.3, 0.4) is 0 Å². The zero-order valence-electron chi connectivity index (χ0n) is 10.7. The number of aromatic nitrogens is 1. The largest absolute Gasteiger partial charge is 0.389 e. The first-order valence-electron chi connectivity index (χ1n) is 5.45. The summed E-state index contributed by atoms with van der Waals surface area (Å²) in [4.78, 5) is 16.1. The molecule has 1 amide bonds. The maximum Gasteiger partial charge on any atom is 0.269 e. The maximum absolute atomic E-state index is 11.8. The molecule has 0 saturated carbocycles. The fraction of sp³-hybridized carbons (Fsp3) is 0.417. The van der Waals surface area contributed by atoms with Gasteiger partial charge in [0.1, 0.15) is 10.7 Å². The summed E-state index contributed by atoms with van der Waals surface area (Å²) in [5, 5.41) is 2.75. The van der Waals surface area contributed by atoms with Crippen LogP contribution in [0.25, 0.3) is 0 Å². The minimum absolute atomic E-state index is 0.255. The third-order valence-corrected chi connectivity index (χ3v) is 2.74. The highest BCUT2D eigenvalue weighted by Gasteiger charge is 2.18. The lowest BCUT2D eigenvalue weighted by atomic mass is 10.1. The summed E-state index contributed by atoms with van der Waals surface area (Å²) in [6, 6.07) is 3.26. The summed E-state index contributed by atoms with van der Waals surface area (Å²) >= 11 is 4.81. The number of nitrogens with one attached hydrogen (secondary N) is 1. The van der Waals surface area contributed by atoms with Gasteiger partial charge < -0.3 is 15.8 Å². The molecule has 0 spiro atoms. The van der Waals surface area contributed by atoms with Crippen molar-refractivity contribution in [2.24, 2.45) is 5.73 Å². The minimum Gasteiger partial charge on any atom is -0.389 e. The average Bonchev–Trinajstić information content (AvgIpc) is 2.36. The van der Waals surface area contributed by atoms with E-state index in [1.54, 1.807) is 19.2 Å². The molecule has 0 aliphatic heterocycles. The maximum atomic E-state index is 11.8. The van der Waals surface area contributed by atoms with Gasteiger partial charge in [0.05, 0.1) is 5.60 Å². The van der Waals surface area contributed by atoms with Crippen LogP contribution in [0.5, 0.6) is 0 Å². The Labute approximate surface area is 112 Å². The molecule has 1 heterocycles. The van der Waals surface area contributed by atoms with Gasteiger partial charge in [-0.05, 0) is 26.0 Å². The second kappa shape index (κ2) is 5.88. The molecule has 6 heteroatoms. The van der Waals surface area contributed by atoms with Gasteiger partial charge in [-0.25, -0.2) is 0 Å². The van der Waals surface area contributed by atoms with Gasteiger partial charge in [-0.15, -0.1) is 0 Å². The molecule has 98 valence electrons. The highest BCUT2D eigenvalue weighted by molar-refractivity contribution is 7.80. The van der Waals surface area contributed by atoms with Gasteiger partial charge >= 0.3 is 0 Å². The van der Waals surface area contributed by atoms with Gasteiger partial charge in [0.25, 0.3) is 5.91 Å². The Morgan fingerprint density at radius 3 is 2.67 bits per heavy atom. The van der Waals surface area contributed by atoms with E-state index in [1.807, 2.05) is 13.8 Å². The Hall–Kier alpha value is -1.53. The Morgan fingerprint density at radius 1 is 1.56 bits per heavy atom. The van der Waals surface area contributed by atoms with Crippen molar-refractivity contribution in [1.82, 2.24) is 10.3 Å². The Morgan fingerprint density at radius 2 is 2.22 bits per heavy atom. The quantitative estimate of drug-likeness (QED) is 0.774. The molecule has 0 aliphatic carbocycles. The topological polar surface area (TPSA) is 77.2 Å². The lowest BCUT2D eigenvalue weighted by Gasteiger charge is -2.22. The molecule has 18 heavy (non-hydrogen) atoms. The van der Waals surface area contributed by atoms with Crippen molar-refractivity contribution in [2.45, 2.75) is 19.4 Å². The van der Waals surface area contributed by atoms with E-state index in [4.69, 9.17) is 22.7 Å². The first kappa shape index (κ1) is 14.5. The van der Waals surface area contributed by atoms with Crippen LogP contribution in [-0.2, 0) is 4.74 Å². The first-order chi connectivity index (χ1) is 8.35. The number of ether oxygens (including phenoxy) is 1. The van der Waals surface area contributed by atoms with Crippen LogP contribution in [-0.4, -0.2) is 35.1 Å². The van der Waals surface area contributed by atoms with E-state index in [0.717, 1.165) is 0 Å². The van der Waals surface area contributed by atoms with Gasteiger partial charge in [0.2, 0.25) is 0 Å². The van der Waals surface area contributed by atoms with Crippen molar-refractivity contribution >= 4 is 23.1 Å². The molecule has 3 N–H and O–H groups in total. The van der Waals surface area contributed by atoms with Gasteiger partial charge in [0.15, 0.2) is 0 Å². The fourth-order valence-corrected chi connectivity index (χ4v) is 1.25. The normalized spacial score (nSPS) is 11.1. The zero-order valence-corrected chi connectivity index (χ0v) is 11.5. The Balaban J connectivity index is 2.65. The van der Waals surface area contributed by atoms with Crippen molar-refractivity contribution in [3.8, 4) is 0 Å². The summed E-state index contributed by atoms with van der Waals surface area (Å²) < 4.78 is 5.21. The molecule has 1 rings (SSSR count). The van der Waals surface area contributed by atoms with Crippen LogP contribution in [0.4, 0.5) is 0 Å². The summed E-state index contributed by atoms with van der Waals surface area (Å²) in [6.45, 7) is 4.17. The van der Waals surface area contributed by atoms with Crippen molar-refractivity contribution in [2.75, 3.05) is 13.7 Å². The lowest BCUT2D eigenvalue weighted by Crippen LogP contribution is -2.40. The molecule has 0 bridgehead atoms. The Bertz CT molecular complexity index is 443. The number of nitrogens with two attached hydrogens (primary N) is 1. The number of carbonyl (C=O) groups is 1. The van der Waals surface area contributed by atoms with E-state index >= 15 is 0 Å². The number of amides is 1. The average molecular weight is 267 g/mol. The van der Waals surface area contributed by atoms with Gasteiger partial charge in [-0.1, -0.05) is 12.2 Å². The molecule has 0 saturated heterocycles. The van der Waals surface area contributed by atoms with E-state index in [9.17, 15) is 4.79 Å². The number of hydrogen-bond acceptors (Lipinski definition) is 4. The number of pyridine rings is 1. The molecular formula is C12H17N3O2S. The van der Waals surface area contributed by atoms with Crippen molar-refractivity contribution in [3.63, 3.8) is 0 Å². The van der Waals surface area contributed by atoms with Crippen LogP contribution >= 0.6 is 12.2 Å². The second-order valence-electron chi connectivity index (χ2n) is 4.44. The molecule has 0 unspecified atom stereocenters. The number of nitrogens with zero attached hydrogens (tertiary/aromatic N) is 1. The van der Waals surface area contributed by atoms with Crippen LogP contribution in [0.2, 0.25) is 0 Å². The molecule has 1 aromatic rings. The van der Waals surface area contributed by atoms with Crippen LogP contribution < -0.4 is 11.1 Å². The van der Waals surface area contributed by atoms with Crippen LogP contribution in [0.1, 0.15) is 29.9 Å². The van der Waals surface area contributed by atoms with Crippen molar-refractivity contribution < 1.29 is 9.53 Å². The minimum atomic E-state index is -0.408. The van der Waals surface area contributed by atoms with E-state index < -0.39 is 5.60 Å². The third kappa shape index (κ3) is 4.05. The zero-order chi connectivity index (χ0) is 13.8. The summed E-state index contributed by atoms with van der Waals surface area (Å²) in [7, 11) is 1.60. The Kier molecular flexibility index (Phi) is 4.75. The smallest absolute Gasteiger partial charge is 0.269 e. The third-order valence-electron chi connectivity index (χ3n) is 2.51. The number of rotatable bonds is 5. The summed E-state index contributed by atoms with van der Waals surface area (Å²) in [5.74, 6) is -0.255. The SMILES string of the molecule is COC(C)(C)CNC(=O)c1ccc(C(N)=S)cn1. The highest BCUT2D eigenvalue weighted by Crippen LogP contribution is 2.06. The highest BCUT2D eigenvalue weighted by atomic mass is 32.1. The standard InChI is InChI=1S/C12H17N3O2S/c1-12(2,17-3)7-15-11(16)9-5-4-8(6-14-9)10(13)18/h4-6H,7H2,1-3H3,(H2,13,18)(H,15,16). The number of carbonyl (C=O) groups excluding carboxylic acids is 1. The first-order valence-corrected chi connectivity index (χ1v) is 5.86. The molecular weight excluding hydrogens is 250 g/mol. The predicted molar refractivity (Wildman–Crippen MR) is 73.5 cm³/mol. The molecule has 0 radical (unpaired) electrons. The van der Waals surface area contributed by atoms with E-state index in [1.165, 1.54) is 6.20 Å². The summed E-state index contributed by atoms with van der Waals surface area (Å²) in [5.41, 5.74) is 6.00. The van der Waals surface area contributed by atoms with E-state index in [2.05, 4.69) is 10.3 Å². The number of methoxy groups -OCH3 is 1. The second-order valence-corrected chi connectivity index (χ2v) is 4.88. The van der Waals surface area contributed by atoms with Crippen LogP contribution in [0, 0.1) is 0 Å². The number of hydrogen-bond donors (Lipinski definition) is 2. The van der Waals surface area contributed by atoms with Gasteiger partial charge in [0, 0.05) is 25.4 Å². The monoisotopic (exact) mass is 267 g/mol. The van der Waals surface area contributed by atoms with Crippen molar-refractivity contribution in [3.05, 3.63) is 29.6 Å². The fourth-order valence-electron chi connectivity index (χ4n) is 1.13. The molecule has 0 aliphatic rings. The molecule has 1 aromatic heterocycles. The molecule has 0 atom stereocenters. The van der Waals surface area contributed by atoms with Crippen LogP contribution in [0.15, 0.2) is 18.3 Å². The summed E-state index contributed by atoms with van der Waals surface area (Å²) in [6.07, 6.45) is 1.48.